The zero-order chi connectivity index (χ0) is 12.1. The number of amides is 1. The lowest BCUT2D eigenvalue weighted by atomic mass is 10.0. The summed E-state index contributed by atoms with van der Waals surface area (Å²) in [5.74, 6) is 0.222. The minimum atomic E-state index is 0.222. The van der Waals surface area contributed by atoms with Gasteiger partial charge in [-0.05, 0) is 45.1 Å². The van der Waals surface area contributed by atoms with E-state index >= 15 is 0 Å². The molecule has 96 valence electrons. The second kappa shape index (κ2) is 6.20. The van der Waals surface area contributed by atoms with Gasteiger partial charge in [0.25, 0.3) is 0 Å². The first-order valence-corrected chi connectivity index (χ1v) is 6.92. The maximum atomic E-state index is 11.2. The quantitative estimate of drug-likeness (QED) is 0.758. The first kappa shape index (κ1) is 12.6. The van der Waals surface area contributed by atoms with E-state index in [2.05, 4.69) is 11.4 Å². The van der Waals surface area contributed by atoms with Crippen LogP contribution in [-0.4, -0.2) is 36.5 Å². The predicted molar refractivity (Wildman–Crippen MR) is 69.8 cm³/mol. The van der Waals surface area contributed by atoms with Crippen molar-refractivity contribution in [3.8, 4) is 0 Å². The maximum absolute atomic E-state index is 11.2. The van der Waals surface area contributed by atoms with E-state index in [0.29, 0.717) is 6.04 Å². The van der Waals surface area contributed by atoms with Crippen LogP contribution in [0.3, 0.4) is 0 Å². The summed E-state index contributed by atoms with van der Waals surface area (Å²) in [4.78, 5) is 13.1. The van der Waals surface area contributed by atoms with Crippen LogP contribution in [0.25, 0.3) is 0 Å². The van der Waals surface area contributed by atoms with Crippen LogP contribution in [0.15, 0.2) is 11.6 Å². The summed E-state index contributed by atoms with van der Waals surface area (Å²) in [5, 5.41) is 3.63. The van der Waals surface area contributed by atoms with Gasteiger partial charge in [0.2, 0.25) is 5.91 Å². The van der Waals surface area contributed by atoms with Crippen molar-refractivity contribution in [2.75, 3.05) is 19.6 Å². The molecule has 1 aliphatic carbocycles. The smallest absolute Gasteiger partial charge is 0.219 e. The Labute approximate surface area is 104 Å². The van der Waals surface area contributed by atoms with Crippen LogP contribution in [0.5, 0.6) is 0 Å². The highest BCUT2D eigenvalue weighted by Crippen LogP contribution is 2.20. The molecule has 0 bridgehead atoms. The van der Waals surface area contributed by atoms with E-state index in [1.54, 1.807) is 12.5 Å². The highest BCUT2D eigenvalue weighted by Gasteiger charge is 2.19. The van der Waals surface area contributed by atoms with E-state index in [1.165, 1.54) is 25.7 Å². The Bertz CT molecular complexity index is 291. The molecule has 1 N–H and O–H groups in total. The fraction of sp³-hybridized carbons (Fsp3) is 0.786. The number of likely N-dealkylation sites (tertiary alicyclic amines) is 1. The number of hydrogen-bond acceptors (Lipinski definition) is 2. The van der Waals surface area contributed by atoms with Gasteiger partial charge >= 0.3 is 0 Å². The lowest BCUT2D eigenvalue weighted by Gasteiger charge is -2.31. The zero-order valence-corrected chi connectivity index (χ0v) is 10.9. The van der Waals surface area contributed by atoms with Crippen LogP contribution < -0.4 is 5.32 Å². The van der Waals surface area contributed by atoms with E-state index in [0.717, 1.165) is 32.5 Å². The molecule has 0 aromatic heterocycles. The lowest BCUT2D eigenvalue weighted by Crippen LogP contribution is -2.44. The summed E-state index contributed by atoms with van der Waals surface area (Å²) in [6.07, 6.45) is 9.79. The second-order valence-electron chi connectivity index (χ2n) is 5.24. The van der Waals surface area contributed by atoms with Crippen molar-refractivity contribution in [1.29, 1.82) is 0 Å². The number of carbonyl (C=O) groups excluding carboxylic acids is 1. The van der Waals surface area contributed by atoms with Crippen molar-refractivity contribution in [1.82, 2.24) is 10.2 Å². The van der Waals surface area contributed by atoms with Gasteiger partial charge in [-0.1, -0.05) is 11.6 Å². The molecule has 1 heterocycles. The van der Waals surface area contributed by atoms with Gasteiger partial charge in [0.1, 0.15) is 0 Å². The summed E-state index contributed by atoms with van der Waals surface area (Å²) in [5.41, 5.74) is 1.64. The first-order chi connectivity index (χ1) is 8.25. The molecular formula is C14H24N2O. The van der Waals surface area contributed by atoms with Gasteiger partial charge in [-0.25, -0.2) is 0 Å². The number of hydrogen-bond donors (Lipinski definition) is 1. The Morgan fingerprint density at radius 1 is 1.47 bits per heavy atom. The fourth-order valence-electron chi connectivity index (χ4n) is 2.80. The molecular weight excluding hydrogens is 212 g/mol. The molecule has 3 heteroatoms. The number of allylic oxidation sites excluding steroid dienone is 1. The third kappa shape index (κ3) is 3.84. The highest BCUT2D eigenvalue weighted by atomic mass is 16.2. The molecule has 0 saturated carbocycles. The number of nitrogens with one attached hydrogen (secondary N) is 1. The van der Waals surface area contributed by atoms with Crippen LogP contribution >= 0.6 is 0 Å². The Kier molecular flexibility index (Phi) is 4.60. The SMILES string of the molecule is CC(=O)N1CCC(NCCC2=CCCC2)CC1. The Morgan fingerprint density at radius 2 is 2.24 bits per heavy atom. The number of nitrogens with zero attached hydrogens (tertiary/aromatic N) is 1. The minimum absolute atomic E-state index is 0.222. The molecule has 0 atom stereocenters. The molecule has 1 aliphatic heterocycles. The summed E-state index contributed by atoms with van der Waals surface area (Å²) >= 11 is 0. The summed E-state index contributed by atoms with van der Waals surface area (Å²) in [7, 11) is 0. The van der Waals surface area contributed by atoms with Gasteiger partial charge in [0.15, 0.2) is 0 Å². The van der Waals surface area contributed by atoms with Crippen LogP contribution in [-0.2, 0) is 4.79 Å². The van der Waals surface area contributed by atoms with Crippen molar-refractivity contribution in [3.63, 3.8) is 0 Å². The van der Waals surface area contributed by atoms with Crippen molar-refractivity contribution in [2.24, 2.45) is 0 Å². The standard InChI is InChI=1S/C14H24N2O/c1-12(17)16-10-7-14(8-11-16)15-9-6-13-4-2-3-5-13/h4,14-15H,2-3,5-11H2,1H3. The van der Waals surface area contributed by atoms with E-state index < -0.39 is 0 Å². The molecule has 3 nitrogen and oxygen atoms in total. The van der Waals surface area contributed by atoms with Gasteiger partial charge in [0, 0.05) is 26.1 Å². The molecule has 0 radical (unpaired) electrons. The molecule has 0 aromatic carbocycles. The number of piperidine rings is 1. The van der Waals surface area contributed by atoms with E-state index in [1.807, 2.05) is 4.90 Å². The van der Waals surface area contributed by atoms with Crippen molar-refractivity contribution >= 4 is 5.91 Å². The third-order valence-corrected chi connectivity index (χ3v) is 3.95. The molecule has 0 unspecified atom stereocenters. The van der Waals surface area contributed by atoms with E-state index in [9.17, 15) is 4.79 Å². The second-order valence-corrected chi connectivity index (χ2v) is 5.24. The number of rotatable bonds is 4. The van der Waals surface area contributed by atoms with E-state index in [4.69, 9.17) is 0 Å². The zero-order valence-electron chi connectivity index (χ0n) is 10.9. The lowest BCUT2D eigenvalue weighted by molar-refractivity contribution is -0.129. The maximum Gasteiger partial charge on any atom is 0.219 e. The molecule has 1 amide bonds. The van der Waals surface area contributed by atoms with Crippen LogP contribution in [0, 0.1) is 0 Å². The molecule has 0 spiro atoms. The largest absolute Gasteiger partial charge is 0.343 e. The molecule has 1 fully saturated rings. The highest BCUT2D eigenvalue weighted by molar-refractivity contribution is 5.73. The first-order valence-electron chi connectivity index (χ1n) is 6.92. The fourth-order valence-corrected chi connectivity index (χ4v) is 2.80. The predicted octanol–water partition coefficient (Wildman–Crippen LogP) is 2.09. The topological polar surface area (TPSA) is 32.3 Å². The van der Waals surface area contributed by atoms with Gasteiger partial charge in [-0.3, -0.25) is 4.79 Å². The molecule has 1 saturated heterocycles. The summed E-state index contributed by atoms with van der Waals surface area (Å²) in [6.45, 7) is 4.63. The average molecular weight is 236 g/mol. The number of carbonyl (C=O) groups is 1. The molecule has 17 heavy (non-hydrogen) atoms. The van der Waals surface area contributed by atoms with Crippen molar-refractivity contribution in [2.45, 2.75) is 51.5 Å². The Hall–Kier alpha value is -0.830. The van der Waals surface area contributed by atoms with Gasteiger partial charge in [0.05, 0.1) is 0 Å². The van der Waals surface area contributed by atoms with Crippen molar-refractivity contribution in [3.05, 3.63) is 11.6 Å². The third-order valence-electron chi connectivity index (χ3n) is 3.95. The van der Waals surface area contributed by atoms with Gasteiger partial charge in [-0.2, -0.15) is 0 Å². The summed E-state index contributed by atoms with van der Waals surface area (Å²) < 4.78 is 0. The van der Waals surface area contributed by atoms with Crippen LogP contribution in [0.1, 0.15) is 45.4 Å². The van der Waals surface area contributed by atoms with E-state index in [-0.39, 0.29) is 5.91 Å². The Balaban J connectivity index is 1.60. The normalized spacial score (nSPS) is 21.7. The van der Waals surface area contributed by atoms with Crippen LogP contribution in [0.4, 0.5) is 0 Å². The van der Waals surface area contributed by atoms with Crippen molar-refractivity contribution < 1.29 is 4.79 Å². The van der Waals surface area contributed by atoms with Gasteiger partial charge in [-0.15, -0.1) is 0 Å². The van der Waals surface area contributed by atoms with Gasteiger partial charge < -0.3 is 10.2 Å². The average Bonchev–Trinajstić information content (AvgIpc) is 2.83. The Morgan fingerprint density at radius 3 is 2.82 bits per heavy atom. The minimum Gasteiger partial charge on any atom is -0.343 e. The molecule has 2 rings (SSSR count). The monoisotopic (exact) mass is 236 g/mol. The summed E-state index contributed by atoms with van der Waals surface area (Å²) in [6, 6.07) is 0.618. The molecule has 0 aromatic rings. The van der Waals surface area contributed by atoms with Crippen LogP contribution in [0.2, 0.25) is 0 Å². The molecule has 2 aliphatic rings.